The molecule has 1 aromatic rings. The maximum absolute atomic E-state index is 11.8. The first-order valence-corrected chi connectivity index (χ1v) is 7.16. The quantitative estimate of drug-likeness (QED) is 0.773. The summed E-state index contributed by atoms with van der Waals surface area (Å²) in [5, 5.41) is 7.99. The lowest BCUT2D eigenvalue weighted by Gasteiger charge is -2.18. The van der Waals surface area contributed by atoms with E-state index in [1.165, 1.54) is 9.75 Å². The molecule has 0 aromatic carbocycles. The molecule has 3 amide bonds. The molecular formula is C13H21N3O2S. The van der Waals surface area contributed by atoms with E-state index in [0.29, 0.717) is 6.54 Å². The SMILES string of the molecule is CCNC(=O)NC(=O)C(C)NC(C)c1ccc(C)s1. The van der Waals surface area contributed by atoms with Crippen LogP contribution in [0.4, 0.5) is 4.79 Å². The number of carbonyl (C=O) groups excluding carboxylic acids is 2. The van der Waals surface area contributed by atoms with Crippen LogP contribution in [-0.2, 0) is 4.79 Å². The lowest BCUT2D eigenvalue weighted by molar-refractivity contribution is -0.121. The van der Waals surface area contributed by atoms with Crippen LogP contribution in [0.25, 0.3) is 0 Å². The maximum Gasteiger partial charge on any atom is 0.321 e. The van der Waals surface area contributed by atoms with Crippen LogP contribution < -0.4 is 16.0 Å². The van der Waals surface area contributed by atoms with Gasteiger partial charge < -0.3 is 5.32 Å². The van der Waals surface area contributed by atoms with Gasteiger partial charge in [0.2, 0.25) is 5.91 Å². The topological polar surface area (TPSA) is 70.2 Å². The molecule has 3 N–H and O–H groups in total. The number of aryl methyl sites for hydroxylation is 1. The molecule has 2 atom stereocenters. The first kappa shape index (κ1) is 15.7. The van der Waals surface area contributed by atoms with Gasteiger partial charge in [0.05, 0.1) is 6.04 Å². The van der Waals surface area contributed by atoms with Crippen LogP contribution in [0, 0.1) is 6.92 Å². The summed E-state index contributed by atoms with van der Waals surface area (Å²) in [4.78, 5) is 25.4. The molecule has 5 nitrogen and oxygen atoms in total. The van der Waals surface area contributed by atoms with E-state index in [1.807, 2.05) is 19.9 Å². The van der Waals surface area contributed by atoms with E-state index in [1.54, 1.807) is 25.2 Å². The summed E-state index contributed by atoms with van der Waals surface area (Å²) < 4.78 is 0. The number of urea groups is 1. The van der Waals surface area contributed by atoms with Gasteiger partial charge in [0.25, 0.3) is 0 Å². The second-order valence-corrected chi connectivity index (χ2v) is 5.73. The Labute approximate surface area is 117 Å². The zero-order valence-electron chi connectivity index (χ0n) is 11.7. The summed E-state index contributed by atoms with van der Waals surface area (Å²) in [6.45, 7) is 8.08. The van der Waals surface area contributed by atoms with Crippen molar-refractivity contribution in [2.75, 3.05) is 6.54 Å². The molecule has 1 heterocycles. The van der Waals surface area contributed by atoms with Gasteiger partial charge in [0, 0.05) is 22.3 Å². The number of carbonyl (C=O) groups is 2. The molecular weight excluding hydrogens is 262 g/mol. The highest BCUT2D eigenvalue weighted by Gasteiger charge is 2.18. The summed E-state index contributed by atoms with van der Waals surface area (Å²) in [7, 11) is 0. The standard InChI is InChI=1S/C13H21N3O2S/c1-5-14-13(18)16-12(17)10(4)15-9(3)11-7-6-8(2)19-11/h6-7,9-10,15H,5H2,1-4H3,(H2,14,16,17,18). The molecule has 1 rings (SSSR count). The van der Waals surface area contributed by atoms with E-state index < -0.39 is 12.1 Å². The van der Waals surface area contributed by atoms with Crippen LogP contribution in [0.15, 0.2) is 12.1 Å². The Hall–Kier alpha value is -1.40. The maximum atomic E-state index is 11.8. The summed E-state index contributed by atoms with van der Waals surface area (Å²) in [6, 6.07) is 3.29. The predicted molar refractivity (Wildman–Crippen MR) is 77.3 cm³/mol. The second-order valence-electron chi connectivity index (χ2n) is 4.41. The van der Waals surface area contributed by atoms with Crippen molar-refractivity contribution < 1.29 is 9.59 Å². The Balaban J connectivity index is 2.47. The number of hydrogen-bond acceptors (Lipinski definition) is 4. The number of nitrogens with one attached hydrogen (secondary N) is 3. The largest absolute Gasteiger partial charge is 0.338 e. The smallest absolute Gasteiger partial charge is 0.321 e. The van der Waals surface area contributed by atoms with E-state index in [9.17, 15) is 9.59 Å². The van der Waals surface area contributed by atoms with Crippen molar-refractivity contribution in [3.8, 4) is 0 Å². The number of amides is 3. The van der Waals surface area contributed by atoms with Gasteiger partial charge in [-0.25, -0.2) is 4.79 Å². The van der Waals surface area contributed by atoms with Crippen molar-refractivity contribution in [3.05, 3.63) is 21.9 Å². The van der Waals surface area contributed by atoms with E-state index >= 15 is 0 Å². The van der Waals surface area contributed by atoms with E-state index in [-0.39, 0.29) is 11.9 Å². The van der Waals surface area contributed by atoms with E-state index in [4.69, 9.17) is 0 Å². The zero-order valence-corrected chi connectivity index (χ0v) is 12.6. The monoisotopic (exact) mass is 283 g/mol. The highest BCUT2D eigenvalue weighted by Crippen LogP contribution is 2.22. The summed E-state index contributed by atoms with van der Waals surface area (Å²) in [5.41, 5.74) is 0. The molecule has 106 valence electrons. The van der Waals surface area contributed by atoms with Crippen LogP contribution in [0.2, 0.25) is 0 Å². The fraction of sp³-hybridized carbons (Fsp3) is 0.538. The average Bonchev–Trinajstić information content (AvgIpc) is 2.76. The van der Waals surface area contributed by atoms with Gasteiger partial charge >= 0.3 is 6.03 Å². The number of thiophene rings is 1. The summed E-state index contributed by atoms with van der Waals surface area (Å²) in [6.07, 6.45) is 0. The Kier molecular flexibility index (Phi) is 5.98. The van der Waals surface area contributed by atoms with Gasteiger partial charge in [-0.05, 0) is 39.8 Å². The van der Waals surface area contributed by atoms with Crippen LogP contribution >= 0.6 is 11.3 Å². The molecule has 0 radical (unpaired) electrons. The zero-order chi connectivity index (χ0) is 14.4. The molecule has 0 saturated carbocycles. The fourth-order valence-electron chi connectivity index (χ4n) is 1.64. The van der Waals surface area contributed by atoms with Crippen LogP contribution in [0.3, 0.4) is 0 Å². The number of rotatable bonds is 5. The molecule has 0 bridgehead atoms. The normalized spacial score (nSPS) is 13.7. The highest BCUT2D eigenvalue weighted by molar-refractivity contribution is 7.12. The van der Waals surface area contributed by atoms with Crippen molar-refractivity contribution in [1.82, 2.24) is 16.0 Å². The van der Waals surface area contributed by atoms with Crippen LogP contribution in [0.1, 0.15) is 36.6 Å². The molecule has 0 saturated heterocycles. The van der Waals surface area contributed by atoms with Crippen molar-refractivity contribution in [2.24, 2.45) is 0 Å². The van der Waals surface area contributed by atoms with Gasteiger partial charge in [-0.3, -0.25) is 15.4 Å². The van der Waals surface area contributed by atoms with Crippen LogP contribution in [0.5, 0.6) is 0 Å². The number of hydrogen-bond donors (Lipinski definition) is 3. The van der Waals surface area contributed by atoms with Gasteiger partial charge in [0.1, 0.15) is 0 Å². The fourth-order valence-corrected chi connectivity index (χ4v) is 2.53. The Morgan fingerprint density at radius 3 is 2.53 bits per heavy atom. The average molecular weight is 283 g/mol. The summed E-state index contributed by atoms with van der Waals surface area (Å²) >= 11 is 1.70. The molecule has 19 heavy (non-hydrogen) atoms. The lowest BCUT2D eigenvalue weighted by atomic mass is 10.2. The Morgan fingerprint density at radius 1 is 1.32 bits per heavy atom. The molecule has 1 aromatic heterocycles. The Bertz CT molecular complexity index is 445. The van der Waals surface area contributed by atoms with Gasteiger partial charge in [-0.15, -0.1) is 11.3 Å². The minimum atomic E-state index is -0.458. The molecule has 0 spiro atoms. The third-order valence-corrected chi connectivity index (χ3v) is 3.84. The molecule has 0 aliphatic rings. The lowest BCUT2D eigenvalue weighted by Crippen LogP contribution is -2.48. The molecule has 0 aliphatic carbocycles. The van der Waals surface area contributed by atoms with E-state index in [0.717, 1.165) is 0 Å². The highest BCUT2D eigenvalue weighted by atomic mass is 32.1. The molecule has 2 unspecified atom stereocenters. The van der Waals surface area contributed by atoms with Crippen LogP contribution in [-0.4, -0.2) is 24.5 Å². The molecule has 0 fully saturated rings. The second kappa shape index (κ2) is 7.25. The molecule has 0 aliphatic heterocycles. The first-order chi connectivity index (χ1) is 8.93. The van der Waals surface area contributed by atoms with Gasteiger partial charge in [-0.1, -0.05) is 0 Å². The Morgan fingerprint density at radius 2 is 2.00 bits per heavy atom. The van der Waals surface area contributed by atoms with Crippen molar-refractivity contribution in [3.63, 3.8) is 0 Å². The summed E-state index contributed by atoms with van der Waals surface area (Å²) in [5.74, 6) is -0.328. The minimum absolute atomic E-state index is 0.0775. The van der Waals surface area contributed by atoms with Gasteiger partial charge in [-0.2, -0.15) is 0 Å². The van der Waals surface area contributed by atoms with Crippen molar-refractivity contribution in [2.45, 2.75) is 39.8 Å². The third-order valence-electron chi connectivity index (χ3n) is 2.66. The van der Waals surface area contributed by atoms with E-state index in [2.05, 4.69) is 22.0 Å². The van der Waals surface area contributed by atoms with Crippen molar-refractivity contribution >= 4 is 23.3 Å². The minimum Gasteiger partial charge on any atom is -0.338 e. The first-order valence-electron chi connectivity index (χ1n) is 6.35. The van der Waals surface area contributed by atoms with Gasteiger partial charge in [0.15, 0.2) is 0 Å². The van der Waals surface area contributed by atoms with Crippen molar-refractivity contribution in [1.29, 1.82) is 0 Å². The predicted octanol–water partition coefficient (Wildman–Crippen LogP) is 1.94. The molecule has 6 heteroatoms. The number of imide groups is 1. The third kappa shape index (κ3) is 5.00.